The van der Waals surface area contributed by atoms with Gasteiger partial charge >= 0.3 is 0 Å². The lowest BCUT2D eigenvalue weighted by molar-refractivity contribution is 0.193. The van der Waals surface area contributed by atoms with E-state index in [0.29, 0.717) is 6.04 Å². The summed E-state index contributed by atoms with van der Waals surface area (Å²) in [5, 5.41) is 3.53. The minimum atomic E-state index is 0.585. The highest BCUT2D eigenvalue weighted by molar-refractivity contribution is 9.10. The summed E-state index contributed by atoms with van der Waals surface area (Å²) in [6, 6.07) is 6.62. The fourth-order valence-corrected chi connectivity index (χ4v) is 2.88. The second-order valence-corrected chi connectivity index (χ2v) is 6.00. The van der Waals surface area contributed by atoms with Crippen LogP contribution in [-0.2, 0) is 6.54 Å². The molecule has 1 aromatic rings. The summed E-state index contributed by atoms with van der Waals surface area (Å²) in [6.45, 7) is 6.39. The molecule has 0 aliphatic heterocycles. The maximum absolute atomic E-state index is 4.44. The highest BCUT2D eigenvalue weighted by Crippen LogP contribution is 2.16. The molecule has 108 valence electrons. The first kappa shape index (κ1) is 16.6. The Morgan fingerprint density at radius 3 is 2.47 bits per heavy atom. The number of hydrogen-bond donors (Lipinski definition) is 1. The third-order valence-corrected chi connectivity index (χ3v) is 4.13. The summed E-state index contributed by atoms with van der Waals surface area (Å²) < 4.78 is 0.899. The second kappa shape index (κ2) is 8.67. The number of nitrogens with one attached hydrogen (secondary N) is 1. The third-order valence-electron chi connectivity index (χ3n) is 3.69. The Morgan fingerprint density at radius 2 is 1.95 bits per heavy atom. The Balaban J connectivity index is 2.48. The Morgan fingerprint density at radius 1 is 1.26 bits per heavy atom. The molecule has 1 unspecified atom stereocenters. The van der Waals surface area contributed by atoms with Gasteiger partial charge in [-0.05, 0) is 48.1 Å². The lowest BCUT2D eigenvalue weighted by atomic mass is 9.93. The molecule has 0 saturated heterocycles. The van der Waals surface area contributed by atoms with Crippen molar-refractivity contribution in [1.29, 1.82) is 0 Å². The van der Waals surface area contributed by atoms with E-state index in [2.05, 4.69) is 65.1 Å². The monoisotopic (exact) mass is 327 g/mol. The number of aromatic nitrogens is 1. The van der Waals surface area contributed by atoms with Crippen LogP contribution >= 0.6 is 15.9 Å². The van der Waals surface area contributed by atoms with E-state index in [-0.39, 0.29) is 0 Å². The number of likely N-dealkylation sites (N-methyl/N-ethyl adjacent to an activating group) is 1. The first-order valence-corrected chi connectivity index (χ1v) is 7.86. The molecule has 1 atom stereocenters. The summed E-state index contributed by atoms with van der Waals surface area (Å²) in [5.41, 5.74) is 1.08. The Bertz CT molecular complexity index is 364. The molecular weight excluding hydrogens is 302 g/mol. The van der Waals surface area contributed by atoms with Gasteiger partial charge in [-0.3, -0.25) is 0 Å². The van der Waals surface area contributed by atoms with Gasteiger partial charge in [-0.25, -0.2) is 4.98 Å². The quantitative estimate of drug-likeness (QED) is 0.742. The normalized spacial score (nSPS) is 13.2. The third kappa shape index (κ3) is 5.59. The van der Waals surface area contributed by atoms with Gasteiger partial charge in [-0.1, -0.05) is 32.8 Å². The van der Waals surface area contributed by atoms with E-state index in [1.54, 1.807) is 0 Å². The van der Waals surface area contributed by atoms with Crippen LogP contribution in [0, 0.1) is 5.92 Å². The summed E-state index contributed by atoms with van der Waals surface area (Å²) in [7, 11) is 4.34. The van der Waals surface area contributed by atoms with Crippen molar-refractivity contribution in [2.24, 2.45) is 5.92 Å². The van der Waals surface area contributed by atoms with E-state index >= 15 is 0 Å². The van der Waals surface area contributed by atoms with Crippen LogP contribution in [0.1, 0.15) is 32.4 Å². The van der Waals surface area contributed by atoms with Crippen molar-refractivity contribution in [3.05, 3.63) is 28.5 Å². The molecule has 1 rings (SSSR count). The number of halogens is 1. The second-order valence-electron chi connectivity index (χ2n) is 5.19. The summed E-state index contributed by atoms with van der Waals surface area (Å²) in [5.74, 6) is 0.748. The lowest BCUT2D eigenvalue weighted by Gasteiger charge is -2.31. The van der Waals surface area contributed by atoms with Crippen molar-refractivity contribution in [2.75, 3.05) is 20.6 Å². The van der Waals surface area contributed by atoms with Crippen molar-refractivity contribution in [2.45, 2.75) is 39.3 Å². The van der Waals surface area contributed by atoms with E-state index in [9.17, 15) is 0 Å². The maximum atomic E-state index is 4.44. The first-order chi connectivity index (χ1) is 9.08. The Hall–Kier alpha value is -0.450. The van der Waals surface area contributed by atoms with Gasteiger partial charge in [0.2, 0.25) is 0 Å². The van der Waals surface area contributed by atoms with Crippen LogP contribution in [-0.4, -0.2) is 36.6 Å². The predicted octanol–water partition coefficient (Wildman–Crippen LogP) is 3.30. The van der Waals surface area contributed by atoms with Crippen LogP contribution in [0.3, 0.4) is 0 Å². The molecule has 4 heteroatoms. The number of rotatable bonds is 8. The fourth-order valence-electron chi connectivity index (χ4n) is 2.50. The molecule has 0 amide bonds. The molecule has 3 nitrogen and oxygen atoms in total. The zero-order valence-corrected chi connectivity index (χ0v) is 14.1. The van der Waals surface area contributed by atoms with Gasteiger partial charge in [0.05, 0.1) is 5.69 Å². The average Bonchev–Trinajstić information content (AvgIpc) is 2.38. The van der Waals surface area contributed by atoms with Gasteiger partial charge in [0.15, 0.2) is 0 Å². The largest absolute Gasteiger partial charge is 0.310 e. The molecule has 1 heterocycles. The van der Waals surface area contributed by atoms with Crippen molar-refractivity contribution in [3.63, 3.8) is 0 Å². The zero-order chi connectivity index (χ0) is 14.3. The van der Waals surface area contributed by atoms with Gasteiger partial charge in [0.1, 0.15) is 4.60 Å². The van der Waals surface area contributed by atoms with Gasteiger partial charge in [0.25, 0.3) is 0 Å². The summed E-state index contributed by atoms with van der Waals surface area (Å²) >= 11 is 3.40. The fraction of sp³-hybridized carbons (Fsp3) is 0.667. The Labute approximate surface area is 125 Å². The number of hydrogen-bond acceptors (Lipinski definition) is 3. The van der Waals surface area contributed by atoms with Crippen LogP contribution in [0.2, 0.25) is 0 Å². The van der Waals surface area contributed by atoms with Crippen LogP contribution in [0.25, 0.3) is 0 Å². The number of nitrogens with zero attached hydrogens (tertiary/aromatic N) is 2. The van der Waals surface area contributed by atoms with E-state index in [1.807, 2.05) is 12.1 Å². The van der Waals surface area contributed by atoms with Gasteiger partial charge in [0, 0.05) is 19.1 Å². The van der Waals surface area contributed by atoms with Gasteiger partial charge < -0.3 is 10.2 Å². The molecule has 0 aromatic carbocycles. The molecule has 19 heavy (non-hydrogen) atoms. The first-order valence-electron chi connectivity index (χ1n) is 7.07. The molecule has 0 radical (unpaired) electrons. The van der Waals surface area contributed by atoms with Gasteiger partial charge in [-0.2, -0.15) is 0 Å². The molecule has 0 fully saturated rings. The highest BCUT2D eigenvalue weighted by atomic mass is 79.9. The SMILES string of the molecule is CCC(CC)C(CNCc1cccc(Br)n1)N(C)C. The molecule has 0 saturated carbocycles. The van der Waals surface area contributed by atoms with Crippen LogP contribution < -0.4 is 5.32 Å². The number of pyridine rings is 1. The van der Waals surface area contributed by atoms with E-state index in [1.165, 1.54) is 12.8 Å². The topological polar surface area (TPSA) is 28.2 Å². The molecule has 1 N–H and O–H groups in total. The molecule has 0 aliphatic rings. The van der Waals surface area contributed by atoms with E-state index < -0.39 is 0 Å². The maximum Gasteiger partial charge on any atom is 0.106 e. The van der Waals surface area contributed by atoms with Crippen molar-refractivity contribution < 1.29 is 0 Å². The van der Waals surface area contributed by atoms with Crippen molar-refractivity contribution in [1.82, 2.24) is 15.2 Å². The molecule has 0 aliphatic carbocycles. The summed E-state index contributed by atoms with van der Waals surface area (Å²) in [4.78, 5) is 6.77. The smallest absolute Gasteiger partial charge is 0.106 e. The minimum Gasteiger partial charge on any atom is -0.310 e. The standard InChI is InChI=1S/C15H26BrN3/c1-5-12(6-2)14(19(3)4)11-17-10-13-8-7-9-15(16)18-13/h7-9,12,14,17H,5-6,10-11H2,1-4H3. The predicted molar refractivity (Wildman–Crippen MR) is 85.2 cm³/mol. The molecular formula is C15H26BrN3. The van der Waals surface area contributed by atoms with Crippen molar-refractivity contribution >= 4 is 15.9 Å². The molecule has 1 aromatic heterocycles. The minimum absolute atomic E-state index is 0.585. The zero-order valence-electron chi connectivity index (χ0n) is 12.5. The Kier molecular flexibility index (Phi) is 7.57. The average molecular weight is 328 g/mol. The molecule has 0 bridgehead atoms. The van der Waals surface area contributed by atoms with Crippen LogP contribution in [0.15, 0.2) is 22.8 Å². The van der Waals surface area contributed by atoms with E-state index in [4.69, 9.17) is 0 Å². The van der Waals surface area contributed by atoms with E-state index in [0.717, 1.165) is 29.3 Å². The molecule has 0 spiro atoms. The van der Waals surface area contributed by atoms with Crippen LogP contribution in [0.5, 0.6) is 0 Å². The van der Waals surface area contributed by atoms with Crippen LogP contribution in [0.4, 0.5) is 0 Å². The highest BCUT2D eigenvalue weighted by Gasteiger charge is 2.19. The van der Waals surface area contributed by atoms with Gasteiger partial charge in [-0.15, -0.1) is 0 Å². The lowest BCUT2D eigenvalue weighted by Crippen LogP contribution is -2.42. The van der Waals surface area contributed by atoms with Crippen molar-refractivity contribution in [3.8, 4) is 0 Å². The summed E-state index contributed by atoms with van der Waals surface area (Å²) in [6.07, 6.45) is 2.46.